The Kier molecular flexibility index (Phi) is 4.36. The molecule has 2 N–H and O–H groups in total. The van der Waals surface area contributed by atoms with E-state index in [2.05, 4.69) is 40.2 Å². The fraction of sp³-hybridized carbons (Fsp3) is 0.778. The van der Waals surface area contributed by atoms with Gasteiger partial charge < -0.3 is 19.9 Å². The number of amides is 1. The van der Waals surface area contributed by atoms with Crippen molar-refractivity contribution in [2.45, 2.75) is 84.2 Å². The third-order valence-electron chi connectivity index (χ3n) is 5.31. The number of imidazole rings is 1. The van der Waals surface area contributed by atoms with Crippen LogP contribution in [0.5, 0.6) is 0 Å². The second-order valence-corrected chi connectivity index (χ2v) is 8.65. The summed E-state index contributed by atoms with van der Waals surface area (Å²) in [4.78, 5) is 16.5. The lowest BCUT2D eigenvalue weighted by Crippen LogP contribution is -2.66. The van der Waals surface area contributed by atoms with Crippen molar-refractivity contribution in [3.63, 3.8) is 0 Å². The highest BCUT2D eigenvalue weighted by molar-refractivity contribution is 5.68. The second-order valence-electron chi connectivity index (χ2n) is 8.65. The van der Waals surface area contributed by atoms with Gasteiger partial charge in [0.25, 0.3) is 0 Å². The maximum absolute atomic E-state index is 12.0. The monoisotopic (exact) mass is 334 g/mol. The van der Waals surface area contributed by atoms with Gasteiger partial charge in [-0.15, -0.1) is 0 Å². The number of nitrogens with one attached hydrogen (secondary N) is 2. The van der Waals surface area contributed by atoms with Gasteiger partial charge in [-0.2, -0.15) is 0 Å². The average molecular weight is 334 g/mol. The average Bonchev–Trinajstić information content (AvgIpc) is 2.93. The molecular weight excluding hydrogens is 304 g/mol. The summed E-state index contributed by atoms with van der Waals surface area (Å²) in [5, 5.41) is 6.79. The molecule has 1 aliphatic carbocycles. The number of carbonyl (C=O) groups excluding carboxylic acids is 1. The molecule has 1 aromatic heterocycles. The summed E-state index contributed by atoms with van der Waals surface area (Å²) < 4.78 is 7.61. The van der Waals surface area contributed by atoms with Crippen molar-refractivity contribution in [1.29, 1.82) is 0 Å². The molecule has 0 saturated heterocycles. The van der Waals surface area contributed by atoms with E-state index in [1.54, 1.807) is 0 Å². The van der Waals surface area contributed by atoms with Gasteiger partial charge in [0.2, 0.25) is 0 Å². The standard InChI is InChI=1S/C18H30N4O2/c1-17(2,3)24-16(23)21-14-11-13(18(14,4)5)20-12-7-6-9-22-10-8-19-15(12)22/h8,10,12-14,20H,6-7,9,11H2,1-5H3,(H,21,23). The van der Waals surface area contributed by atoms with Crippen molar-refractivity contribution in [3.8, 4) is 0 Å². The van der Waals surface area contributed by atoms with Crippen LogP contribution >= 0.6 is 0 Å². The SMILES string of the molecule is CC(C)(C)OC(=O)NC1CC(NC2CCCn3ccnc32)C1(C)C. The number of nitrogens with zero attached hydrogens (tertiary/aromatic N) is 2. The molecule has 3 atom stereocenters. The highest BCUT2D eigenvalue weighted by Gasteiger charge is 2.50. The first-order valence-corrected chi connectivity index (χ1v) is 8.93. The Morgan fingerprint density at radius 3 is 2.79 bits per heavy atom. The molecule has 3 unspecified atom stereocenters. The Bertz CT molecular complexity index is 602. The molecule has 2 aliphatic rings. The molecule has 0 bridgehead atoms. The molecule has 6 nitrogen and oxygen atoms in total. The number of fused-ring (bicyclic) bond motifs is 1. The van der Waals surface area contributed by atoms with Crippen LogP contribution in [-0.2, 0) is 11.3 Å². The number of aryl methyl sites for hydroxylation is 1. The molecule has 0 spiro atoms. The number of hydrogen-bond acceptors (Lipinski definition) is 4. The van der Waals surface area contributed by atoms with Crippen LogP contribution in [0.25, 0.3) is 0 Å². The van der Waals surface area contributed by atoms with Gasteiger partial charge in [0, 0.05) is 36.4 Å². The molecule has 1 amide bonds. The van der Waals surface area contributed by atoms with Crippen molar-refractivity contribution in [2.24, 2.45) is 5.41 Å². The number of ether oxygens (including phenoxy) is 1. The zero-order valence-electron chi connectivity index (χ0n) is 15.4. The van der Waals surface area contributed by atoms with Crippen LogP contribution in [0.4, 0.5) is 4.79 Å². The van der Waals surface area contributed by atoms with Gasteiger partial charge in [-0.3, -0.25) is 0 Å². The summed E-state index contributed by atoms with van der Waals surface area (Å²) in [6.45, 7) is 11.1. The van der Waals surface area contributed by atoms with Crippen LogP contribution < -0.4 is 10.6 Å². The lowest BCUT2D eigenvalue weighted by atomic mass is 9.62. The molecule has 1 aromatic rings. The summed E-state index contributed by atoms with van der Waals surface area (Å²) >= 11 is 0. The molecule has 6 heteroatoms. The molecule has 1 aliphatic heterocycles. The van der Waals surface area contributed by atoms with Gasteiger partial charge in [0.05, 0.1) is 6.04 Å². The lowest BCUT2D eigenvalue weighted by Gasteiger charge is -2.53. The quantitative estimate of drug-likeness (QED) is 0.892. The van der Waals surface area contributed by atoms with Crippen LogP contribution in [0, 0.1) is 5.41 Å². The summed E-state index contributed by atoms with van der Waals surface area (Å²) in [5.74, 6) is 1.14. The van der Waals surface area contributed by atoms with E-state index < -0.39 is 5.60 Å². The van der Waals surface area contributed by atoms with Crippen molar-refractivity contribution in [3.05, 3.63) is 18.2 Å². The Morgan fingerprint density at radius 2 is 2.12 bits per heavy atom. The number of alkyl carbamates (subject to hydrolysis) is 1. The zero-order valence-corrected chi connectivity index (χ0v) is 15.4. The predicted molar refractivity (Wildman–Crippen MR) is 92.7 cm³/mol. The molecule has 0 aromatic carbocycles. The molecule has 0 radical (unpaired) electrons. The van der Waals surface area contributed by atoms with Crippen LogP contribution in [0.3, 0.4) is 0 Å². The molecule has 24 heavy (non-hydrogen) atoms. The smallest absolute Gasteiger partial charge is 0.407 e. The van der Waals surface area contributed by atoms with E-state index in [9.17, 15) is 4.79 Å². The van der Waals surface area contributed by atoms with E-state index in [1.807, 2.05) is 27.0 Å². The maximum atomic E-state index is 12.0. The first kappa shape index (κ1) is 17.3. The minimum atomic E-state index is -0.463. The third-order valence-corrected chi connectivity index (χ3v) is 5.31. The van der Waals surface area contributed by atoms with E-state index in [-0.39, 0.29) is 17.6 Å². The second kappa shape index (κ2) is 6.06. The molecule has 2 heterocycles. The van der Waals surface area contributed by atoms with Crippen molar-refractivity contribution >= 4 is 6.09 Å². The number of rotatable bonds is 3. The fourth-order valence-corrected chi connectivity index (χ4v) is 3.72. The van der Waals surface area contributed by atoms with E-state index in [1.165, 1.54) is 6.42 Å². The van der Waals surface area contributed by atoms with Gasteiger partial charge in [0.15, 0.2) is 0 Å². The third kappa shape index (κ3) is 3.43. The lowest BCUT2D eigenvalue weighted by molar-refractivity contribution is 0.0118. The van der Waals surface area contributed by atoms with Crippen molar-refractivity contribution < 1.29 is 9.53 Å². The summed E-state index contributed by atoms with van der Waals surface area (Å²) in [6.07, 6.45) is 6.83. The number of aromatic nitrogens is 2. The van der Waals surface area contributed by atoms with Crippen LogP contribution in [-0.4, -0.2) is 33.3 Å². The molecule has 1 fully saturated rings. The minimum Gasteiger partial charge on any atom is -0.444 e. The maximum Gasteiger partial charge on any atom is 0.407 e. The first-order chi connectivity index (χ1) is 11.2. The number of carbonyl (C=O) groups is 1. The van der Waals surface area contributed by atoms with E-state index in [4.69, 9.17) is 4.74 Å². The molecule has 3 rings (SSSR count). The van der Waals surface area contributed by atoms with Gasteiger partial charge in [-0.05, 0) is 40.0 Å². The molecule has 1 saturated carbocycles. The number of hydrogen-bond donors (Lipinski definition) is 2. The minimum absolute atomic E-state index is 0.00816. The summed E-state index contributed by atoms with van der Waals surface area (Å²) in [7, 11) is 0. The first-order valence-electron chi connectivity index (χ1n) is 8.93. The highest BCUT2D eigenvalue weighted by atomic mass is 16.6. The Labute approximate surface area is 144 Å². The van der Waals surface area contributed by atoms with Gasteiger partial charge in [-0.25, -0.2) is 9.78 Å². The normalized spacial score (nSPS) is 28.6. The Balaban J connectivity index is 1.56. The van der Waals surface area contributed by atoms with Gasteiger partial charge in [0.1, 0.15) is 11.4 Å². The van der Waals surface area contributed by atoms with Crippen LogP contribution in [0.2, 0.25) is 0 Å². The fourth-order valence-electron chi connectivity index (χ4n) is 3.72. The largest absolute Gasteiger partial charge is 0.444 e. The summed E-state index contributed by atoms with van der Waals surface area (Å²) in [5.41, 5.74) is -0.472. The van der Waals surface area contributed by atoms with Crippen molar-refractivity contribution in [2.75, 3.05) is 0 Å². The molecule has 134 valence electrons. The topological polar surface area (TPSA) is 68.2 Å². The van der Waals surface area contributed by atoms with Gasteiger partial charge >= 0.3 is 6.09 Å². The summed E-state index contributed by atoms with van der Waals surface area (Å²) in [6, 6.07) is 0.805. The predicted octanol–water partition coefficient (Wildman–Crippen LogP) is 3.00. The van der Waals surface area contributed by atoms with E-state index >= 15 is 0 Å². The Morgan fingerprint density at radius 1 is 1.38 bits per heavy atom. The Hall–Kier alpha value is -1.56. The zero-order chi connectivity index (χ0) is 17.5. The van der Waals surface area contributed by atoms with Crippen LogP contribution in [0.1, 0.15) is 65.7 Å². The molecular formula is C18H30N4O2. The van der Waals surface area contributed by atoms with Crippen LogP contribution in [0.15, 0.2) is 12.4 Å². The highest BCUT2D eigenvalue weighted by Crippen LogP contribution is 2.42. The van der Waals surface area contributed by atoms with Crippen molar-refractivity contribution in [1.82, 2.24) is 20.2 Å². The van der Waals surface area contributed by atoms with E-state index in [0.29, 0.717) is 12.1 Å². The van der Waals surface area contributed by atoms with Gasteiger partial charge in [-0.1, -0.05) is 13.8 Å². The van der Waals surface area contributed by atoms with E-state index in [0.717, 1.165) is 25.2 Å².